The van der Waals surface area contributed by atoms with Gasteiger partial charge in [0.1, 0.15) is 5.75 Å². The van der Waals surface area contributed by atoms with E-state index < -0.39 is 0 Å². The molecule has 1 aromatic carbocycles. The molecule has 0 aliphatic heterocycles. The van der Waals surface area contributed by atoms with E-state index in [4.69, 9.17) is 9.47 Å². The number of methoxy groups -OCH3 is 1. The zero-order chi connectivity index (χ0) is 13.7. The number of rotatable bonds is 5. The third kappa shape index (κ3) is 4.09. The van der Waals surface area contributed by atoms with Gasteiger partial charge in [0, 0.05) is 4.43 Å². The molecule has 0 N–H and O–H groups in total. The van der Waals surface area contributed by atoms with Gasteiger partial charge in [0.25, 0.3) is 0 Å². The third-order valence-electron chi connectivity index (χ3n) is 4.00. The number of benzene rings is 1. The lowest BCUT2D eigenvalue weighted by Gasteiger charge is -2.32. The summed E-state index contributed by atoms with van der Waals surface area (Å²) in [6.45, 7) is 2.32. The summed E-state index contributed by atoms with van der Waals surface area (Å²) in [5.74, 6) is 1.60. The maximum absolute atomic E-state index is 6.36. The minimum atomic E-state index is 0.206. The fourth-order valence-corrected chi connectivity index (χ4v) is 3.43. The van der Waals surface area contributed by atoms with Crippen LogP contribution in [0.2, 0.25) is 0 Å². The minimum absolute atomic E-state index is 0.206. The van der Waals surface area contributed by atoms with Crippen LogP contribution in [0.15, 0.2) is 24.3 Å². The molecule has 0 saturated heterocycles. The van der Waals surface area contributed by atoms with Crippen molar-refractivity contribution in [2.24, 2.45) is 5.92 Å². The van der Waals surface area contributed by atoms with Gasteiger partial charge in [-0.1, -0.05) is 54.5 Å². The van der Waals surface area contributed by atoms with Crippen LogP contribution in [-0.4, -0.2) is 17.6 Å². The van der Waals surface area contributed by atoms with E-state index in [0.717, 1.165) is 10.2 Å². The Balaban J connectivity index is 2.01. The Morgan fingerprint density at radius 1 is 1.21 bits per heavy atom. The van der Waals surface area contributed by atoms with Gasteiger partial charge in [-0.3, -0.25) is 0 Å². The minimum Gasteiger partial charge on any atom is -0.497 e. The van der Waals surface area contributed by atoms with Gasteiger partial charge >= 0.3 is 0 Å². The van der Waals surface area contributed by atoms with Crippen LogP contribution >= 0.6 is 22.6 Å². The average molecular weight is 374 g/mol. The Bertz CT molecular complexity index is 377. The molecule has 0 aromatic heterocycles. The molecule has 0 spiro atoms. The summed E-state index contributed by atoms with van der Waals surface area (Å²) in [5.41, 5.74) is 1.26. The van der Waals surface area contributed by atoms with Crippen molar-refractivity contribution in [2.45, 2.75) is 44.8 Å². The molecular formula is C16H23IO2. The molecular weight excluding hydrogens is 351 g/mol. The Hall–Kier alpha value is -0.290. The number of halogens is 1. The summed E-state index contributed by atoms with van der Waals surface area (Å²) < 4.78 is 12.6. The van der Waals surface area contributed by atoms with Crippen molar-refractivity contribution in [3.8, 4) is 5.75 Å². The van der Waals surface area contributed by atoms with E-state index >= 15 is 0 Å². The van der Waals surface area contributed by atoms with Crippen LogP contribution in [0.25, 0.3) is 0 Å². The van der Waals surface area contributed by atoms with Gasteiger partial charge < -0.3 is 9.47 Å². The SMILES string of the molecule is COc1ccc(C(CI)OC2CCCCC2C)cc1. The normalized spacial score (nSPS) is 25.0. The zero-order valence-electron chi connectivity index (χ0n) is 11.8. The molecule has 1 fully saturated rings. The summed E-state index contributed by atoms with van der Waals surface area (Å²) in [6.07, 6.45) is 5.82. The van der Waals surface area contributed by atoms with Crippen LogP contribution in [-0.2, 0) is 4.74 Å². The quantitative estimate of drug-likeness (QED) is 0.546. The molecule has 0 radical (unpaired) electrons. The van der Waals surface area contributed by atoms with Gasteiger partial charge in [-0.25, -0.2) is 0 Å². The van der Waals surface area contributed by atoms with E-state index in [1.54, 1.807) is 7.11 Å². The lowest BCUT2D eigenvalue weighted by atomic mass is 9.88. The molecule has 2 rings (SSSR count). The fraction of sp³-hybridized carbons (Fsp3) is 0.625. The molecule has 19 heavy (non-hydrogen) atoms. The van der Waals surface area contributed by atoms with E-state index in [9.17, 15) is 0 Å². The molecule has 1 aliphatic carbocycles. The predicted octanol–water partition coefficient (Wildman–Crippen LogP) is 4.77. The first-order valence-electron chi connectivity index (χ1n) is 7.10. The lowest BCUT2D eigenvalue weighted by Crippen LogP contribution is -2.27. The molecule has 0 amide bonds. The molecule has 1 aliphatic rings. The first-order chi connectivity index (χ1) is 9.24. The van der Waals surface area contributed by atoms with Crippen LogP contribution < -0.4 is 4.74 Å². The van der Waals surface area contributed by atoms with E-state index in [2.05, 4.69) is 41.6 Å². The number of alkyl halides is 1. The van der Waals surface area contributed by atoms with Crippen LogP contribution in [0.1, 0.15) is 44.3 Å². The molecule has 0 bridgehead atoms. The highest BCUT2D eigenvalue weighted by molar-refractivity contribution is 14.1. The molecule has 2 nitrogen and oxygen atoms in total. The van der Waals surface area contributed by atoms with Crippen LogP contribution in [0.5, 0.6) is 5.75 Å². The van der Waals surface area contributed by atoms with E-state index in [-0.39, 0.29) is 6.10 Å². The van der Waals surface area contributed by atoms with E-state index in [1.807, 2.05) is 12.1 Å². The second-order valence-electron chi connectivity index (χ2n) is 5.35. The number of hydrogen-bond donors (Lipinski definition) is 0. The lowest BCUT2D eigenvalue weighted by molar-refractivity contribution is -0.0461. The largest absolute Gasteiger partial charge is 0.497 e. The van der Waals surface area contributed by atoms with Gasteiger partial charge in [-0.05, 0) is 36.5 Å². The molecule has 3 unspecified atom stereocenters. The van der Waals surface area contributed by atoms with Gasteiger partial charge in [-0.2, -0.15) is 0 Å². The summed E-state index contributed by atoms with van der Waals surface area (Å²) >= 11 is 2.42. The maximum atomic E-state index is 6.36. The highest BCUT2D eigenvalue weighted by Crippen LogP contribution is 2.32. The molecule has 3 heteroatoms. The summed E-state index contributed by atoms with van der Waals surface area (Å²) in [6, 6.07) is 8.27. The second kappa shape index (κ2) is 7.48. The monoisotopic (exact) mass is 374 g/mol. The zero-order valence-corrected chi connectivity index (χ0v) is 13.9. The highest BCUT2D eigenvalue weighted by atomic mass is 127. The number of hydrogen-bond acceptors (Lipinski definition) is 2. The topological polar surface area (TPSA) is 18.5 Å². The van der Waals surface area contributed by atoms with E-state index in [1.165, 1.54) is 31.2 Å². The molecule has 1 saturated carbocycles. The second-order valence-corrected chi connectivity index (χ2v) is 6.23. The van der Waals surface area contributed by atoms with Gasteiger partial charge in [0.15, 0.2) is 0 Å². The molecule has 106 valence electrons. The standard InChI is InChI=1S/C16H23IO2/c1-12-5-3-4-6-15(12)19-16(11-17)13-7-9-14(18-2)10-8-13/h7-10,12,15-16H,3-6,11H2,1-2H3. The van der Waals surface area contributed by atoms with Crippen molar-refractivity contribution in [1.29, 1.82) is 0 Å². The van der Waals surface area contributed by atoms with Crippen LogP contribution in [0.4, 0.5) is 0 Å². The van der Waals surface area contributed by atoms with Crippen molar-refractivity contribution in [2.75, 3.05) is 11.5 Å². The Labute approximate surface area is 130 Å². The molecule has 3 atom stereocenters. The average Bonchev–Trinajstić information content (AvgIpc) is 2.47. The summed E-state index contributed by atoms with van der Waals surface area (Å²) in [7, 11) is 1.70. The predicted molar refractivity (Wildman–Crippen MR) is 87.1 cm³/mol. The Morgan fingerprint density at radius 2 is 1.89 bits per heavy atom. The first-order valence-corrected chi connectivity index (χ1v) is 8.62. The number of ether oxygens (including phenoxy) is 2. The Kier molecular flexibility index (Phi) is 5.95. The van der Waals surface area contributed by atoms with Crippen molar-refractivity contribution in [3.63, 3.8) is 0 Å². The fourth-order valence-electron chi connectivity index (χ4n) is 2.72. The maximum Gasteiger partial charge on any atom is 0.118 e. The third-order valence-corrected chi connectivity index (χ3v) is 4.80. The highest BCUT2D eigenvalue weighted by Gasteiger charge is 2.25. The Morgan fingerprint density at radius 3 is 2.47 bits per heavy atom. The van der Waals surface area contributed by atoms with Crippen molar-refractivity contribution in [3.05, 3.63) is 29.8 Å². The van der Waals surface area contributed by atoms with Gasteiger partial charge in [-0.15, -0.1) is 0 Å². The van der Waals surface area contributed by atoms with Gasteiger partial charge in [0.2, 0.25) is 0 Å². The smallest absolute Gasteiger partial charge is 0.118 e. The van der Waals surface area contributed by atoms with Crippen LogP contribution in [0.3, 0.4) is 0 Å². The van der Waals surface area contributed by atoms with Crippen molar-refractivity contribution in [1.82, 2.24) is 0 Å². The first kappa shape index (κ1) is 15.1. The summed E-state index contributed by atoms with van der Waals surface area (Å²) in [4.78, 5) is 0. The van der Waals surface area contributed by atoms with Crippen molar-refractivity contribution < 1.29 is 9.47 Å². The van der Waals surface area contributed by atoms with E-state index in [0.29, 0.717) is 12.0 Å². The van der Waals surface area contributed by atoms with Crippen molar-refractivity contribution >= 4 is 22.6 Å². The van der Waals surface area contributed by atoms with Gasteiger partial charge in [0.05, 0.1) is 19.3 Å². The molecule has 0 heterocycles. The summed E-state index contributed by atoms with van der Waals surface area (Å²) in [5, 5.41) is 0. The van der Waals surface area contributed by atoms with Crippen LogP contribution in [0, 0.1) is 5.92 Å². The molecule has 1 aromatic rings.